The summed E-state index contributed by atoms with van der Waals surface area (Å²) in [5.41, 5.74) is 4.40. The average molecular weight is 239 g/mol. The van der Waals surface area contributed by atoms with Crippen LogP contribution in [0.4, 0.5) is 0 Å². The molecular weight excluding hydrogens is 218 g/mol. The maximum atomic E-state index is 4.37. The van der Waals surface area contributed by atoms with E-state index in [9.17, 15) is 0 Å². The summed E-state index contributed by atoms with van der Waals surface area (Å²) in [4.78, 5) is 2.73. The Hall–Kier alpha value is -1.08. The van der Waals surface area contributed by atoms with E-state index in [2.05, 4.69) is 42.7 Å². The Morgan fingerprint density at radius 2 is 1.94 bits per heavy atom. The maximum absolute atomic E-state index is 4.37. The summed E-state index contributed by atoms with van der Waals surface area (Å²) in [7, 11) is 0. The van der Waals surface area contributed by atoms with E-state index in [0.29, 0.717) is 0 Å². The molecule has 3 heterocycles. The molecule has 4 bridgehead atoms. The zero-order valence-electron chi connectivity index (χ0n) is 11.1. The first-order chi connectivity index (χ1) is 8.74. The molecule has 0 radical (unpaired) electrons. The van der Waals surface area contributed by atoms with Gasteiger partial charge in [-0.05, 0) is 37.7 Å². The number of rotatable bonds is 1. The molecule has 3 fully saturated rings. The van der Waals surface area contributed by atoms with E-state index in [1.54, 1.807) is 5.56 Å². The summed E-state index contributed by atoms with van der Waals surface area (Å²) in [5, 5.41) is 0. The van der Waals surface area contributed by atoms with E-state index in [0.717, 1.165) is 23.9 Å². The summed E-state index contributed by atoms with van der Waals surface area (Å²) in [6, 6.07) is 10.9. The van der Waals surface area contributed by atoms with E-state index in [1.165, 1.54) is 36.9 Å². The van der Waals surface area contributed by atoms with Gasteiger partial charge in [0.15, 0.2) is 0 Å². The third kappa shape index (κ3) is 1.37. The van der Waals surface area contributed by atoms with Crippen LogP contribution in [0.25, 0.3) is 0 Å². The molecule has 0 aliphatic carbocycles. The molecule has 1 unspecified atom stereocenters. The molecule has 1 aromatic rings. The first kappa shape index (κ1) is 10.8. The first-order valence-corrected chi connectivity index (χ1v) is 7.24. The molecule has 0 saturated carbocycles. The van der Waals surface area contributed by atoms with E-state index in [4.69, 9.17) is 0 Å². The largest absolute Gasteiger partial charge is 0.293 e. The second kappa shape index (κ2) is 3.71. The molecule has 3 aliphatic rings. The van der Waals surface area contributed by atoms with Gasteiger partial charge in [-0.1, -0.05) is 42.0 Å². The molecule has 4 rings (SSSR count). The van der Waals surface area contributed by atoms with Crippen LogP contribution in [-0.4, -0.2) is 23.5 Å². The number of benzene rings is 1. The van der Waals surface area contributed by atoms with E-state index >= 15 is 0 Å². The van der Waals surface area contributed by atoms with Crippen molar-refractivity contribution in [2.75, 3.05) is 6.54 Å². The van der Waals surface area contributed by atoms with Gasteiger partial charge in [-0.15, -0.1) is 0 Å². The van der Waals surface area contributed by atoms with Crippen LogP contribution in [0.5, 0.6) is 0 Å². The quantitative estimate of drug-likeness (QED) is 0.678. The number of piperidine rings is 1. The third-order valence-electron chi connectivity index (χ3n) is 5.43. The Morgan fingerprint density at radius 3 is 2.72 bits per heavy atom. The molecule has 1 nitrogen and oxygen atoms in total. The Bertz CT molecular complexity index is 487. The molecule has 3 aliphatic heterocycles. The van der Waals surface area contributed by atoms with E-state index in [-0.39, 0.29) is 0 Å². The molecule has 94 valence electrons. The monoisotopic (exact) mass is 239 g/mol. The van der Waals surface area contributed by atoms with Gasteiger partial charge in [0.2, 0.25) is 0 Å². The van der Waals surface area contributed by atoms with Crippen LogP contribution in [0.1, 0.15) is 36.3 Å². The van der Waals surface area contributed by atoms with Crippen molar-refractivity contribution >= 4 is 0 Å². The highest BCUT2D eigenvalue weighted by Crippen LogP contribution is 2.53. The van der Waals surface area contributed by atoms with Crippen LogP contribution in [-0.2, 0) is 0 Å². The lowest BCUT2D eigenvalue weighted by Crippen LogP contribution is -2.40. The fraction of sp³-hybridized carbons (Fsp3) is 0.529. The van der Waals surface area contributed by atoms with Gasteiger partial charge in [0, 0.05) is 24.5 Å². The molecule has 1 heteroatoms. The summed E-state index contributed by atoms with van der Waals surface area (Å²) < 4.78 is 0. The summed E-state index contributed by atoms with van der Waals surface area (Å²) in [6.07, 6.45) is 4.16. The molecule has 5 atom stereocenters. The topological polar surface area (TPSA) is 3.24 Å². The van der Waals surface area contributed by atoms with E-state index in [1.807, 2.05) is 0 Å². The van der Waals surface area contributed by atoms with Crippen LogP contribution in [0.2, 0.25) is 0 Å². The first-order valence-electron chi connectivity index (χ1n) is 7.24. The molecule has 1 aromatic carbocycles. The molecule has 0 aromatic heterocycles. The van der Waals surface area contributed by atoms with Crippen LogP contribution in [0.15, 0.2) is 36.4 Å². The van der Waals surface area contributed by atoms with Crippen molar-refractivity contribution in [1.82, 2.24) is 4.90 Å². The summed E-state index contributed by atoms with van der Waals surface area (Å²) in [5.74, 6) is 1.46. The summed E-state index contributed by atoms with van der Waals surface area (Å²) >= 11 is 0. The minimum atomic E-state index is 0.728. The molecule has 3 saturated heterocycles. The van der Waals surface area contributed by atoms with Gasteiger partial charge in [0.05, 0.1) is 0 Å². The van der Waals surface area contributed by atoms with Gasteiger partial charge in [-0.3, -0.25) is 4.90 Å². The van der Waals surface area contributed by atoms with Crippen LogP contribution in [0.3, 0.4) is 0 Å². The van der Waals surface area contributed by atoms with Crippen molar-refractivity contribution in [3.63, 3.8) is 0 Å². The number of nitrogens with zero attached hydrogens (tertiary/aromatic N) is 1. The van der Waals surface area contributed by atoms with Crippen LogP contribution >= 0.6 is 0 Å². The Morgan fingerprint density at radius 1 is 1.17 bits per heavy atom. The average Bonchev–Trinajstić information content (AvgIpc) is 2.76. The van der Waals surface area contributed by atoms with Crippen LogP contribution in [0, 0.1) is 12.8 Å². The molecule has 18 heavy (non-hydrogen) atoms. The van der Waals surface area contributed by atoms with E-state index < -0.39 is 0 Å². The van der Waals surface area contributed by atoms with Gasteiger partial charge in [-0.2, -0.15) is 0 Å². The second-order valence-corrected chi connectivity index (χ2v) is 6.41. The minimum absolute atomic E-state index is 0.728. The minimum Gasteiger partial charge on any atom is -0.293 e. The summed E-state index contributed by atoms with van der Waals surface area (Å²) in [6.45, 7) is 7.71. The van der Waals surface area contributed by atoms with Crippen molar-refractivity contribution in [2.24, 2.45) is 5.92 Å². The fourth-order valence-corrected chi connectivity index (χ4v) is 4.61. The van der Waals surface area contributed by atoms with Gasteiger partial charge in [0.1, 0.15) is 0 Å². The van der Waals surface area contributed by atoms with Gasteiger partial charge in [0.25, 0.3) is 0 Å². The van der Waals surface area contributed by atoms with Gasteiger partial charge < -0.3 is 0 Å². The van der Waals surface area contributed by atoms with Crippen molar-refractivity contribution in [3.8, 4) is 0 Å². The van der Waals surface area contributed by atoms with Crippen molar-refractivity contribution in [3.05, 3.63) is 47.5 Å². The van der Waals surface area contributed by atoms with Crippen molar-refractivity contribution < 1.29 is 0 Å². The SMILES string of the molecule is C=C1CN2[C@@H]3CC[C@H]2[C@H]1[C@@H](c1ccc(C)cc1)C3. The maximum Gasteiger partial charge on any atom is 0.0199 e. The normalized spacial score (nSPS) is 41.4. The molecule has 0 amide bonds. The Kier molecular flexibility index (Phi) is 2.23. The van der Waals surface area contributed by atoms with Gasteiger partial charge in [-0.25, -0.2) is 0 Å². The number of hydrogen-bond donors (Lipinski definition) is 0. The Balaban J connectivity index is 1.73. The third-order valence-corrected chi connectivity index (χ3v) is 5.43. The molecule has 0 N–H and O–H groups in total. The lowest BCUT2D eigenvalue weighted by molar-refractivity contribution is 0.154. The standard InChI is InChI=1S/C17H21N/c1-11-3-5-13(6-4-11)15-9-14-7-8-16-17(15)12(2)10-18(14)16/h3-6,14-17H,2,7-10H2,1H3/t14-,15-,16+,17-/m1/s1. The van der Waals surface area contributed by atoms with Crippen molar-refractivity contribution in [1.29, 1.82) is 0 Å². The lowest BCUT2D eigenvalue weighted by atomic mass is 9.76. The lowest BCUT2D eigenvalue weighted by Gasteiger charge is -2.37. The predicted octanol–water partition coefficient (Wildman–Crippen LogP) is 3.50. The molecule has 0 spiro atoms. The highest BCUT2D eigenvalue weighted by Gasteiger charge is 2.52. The predicted molar refractivity (Wildman–Crippen MR) is 74.7 cm³/mol. The zero-order valence-corrected chi connectivity index (χ0v) is 11.1. The van der Waals surface area contributed by atoms with Crippen molar-refractivity contribution in [2.45, 2.75) is 44.2 Å². The fourth-order valence-electron chi connectivity index (χ4n) is 4.61. The Labute approximate surface area is 109 Å². The zero-order chi connectivity index (χ0) is 12.3. The number of hydrogen-bond acceptors (Lipinski definition) is 1. The number of aryl methyl sites for hydroxylation is 1. The smallest absolute Gasteiger partial charge is 0.0199 e. The highest BCUT2D eigenvalue weighted by atomic mass is 15.3. The molecular formula is C17H21N. The van der Waals surface area contributed by atoms with Crippen LogP contribution < -0.4 is 0 Å². The van der Waals surface area contributed by atoms with Gasteiger partial charge >= 0.3 is 0 Å². The second-order valence-electron chi connectivity index (χ2n) is 6.41. The highest BCUT2D eigenvalue weighted by molar-refractivity contribution is 5.33.